The van der Waals surface area contributed by atoms with Gasteiger partial charge in [0.05, 0.1) is 19.3 Å². The monoisotopic (exact) mass is 582 g/mol. The van der Waals surface area contributed by atoms with E-state index in [4.69, 9.17) is 30.1 Å². The van der Waals surface area contributed by atoms with E-state index in [1.54, 1.807) is 0 Å². The number of hydrogen-bond donors (Lipinski definition) is 5. The van der Waals surface area contributed by atoms with Crippen molar-refractivity contribution >= 4 is 17.5 Å². The van der Waals surface area contributed by atoms with Crippen molar-refractivity contribution in [2.75, 3.05) is 32.8 Å². The second-order valence-electron chi connectivity index (χ2n) is 8.63. The lowest BCUT2D eigenvalue weighted by Gasteiger charge is -2.21. The molecular weight excluding hydrogens is 555 g/mol. The van der Waals surface area contributed by atoms with Crippen LogP contribution >= 0.6 is 0 Å². The van der Waals surface area contributed by atoms with Crippen LogP contribution < -0.4 is 36.5 Å². The molecule has 0 radical (unpaired) electrons. The van der Waals surface area contributed by atoms with E-state index in [9.17, 15) is 14.4 Å². The maximum absolute atomic E-state index is 16.0. The van der Waals surface area contributed by atoms with Crippen LogP contribution in [-0.4, -0.2) is 64.0 Å². The van der Waals surface area contributed by atoms with E-state index in [-0.39, 0.29) is 64.8 Å². The highest BCUT2D eigenvalue weighted by molar-refractivity contribution is 5.98. The van der Waals surface area contributed by atoms with E-state index in [0.29, 0.717) is 0 Å². The highest BCUT2D eigenvalue weighted by Crippen LogP contribution is 2.35. The van der Waals surface area contributed by atoms with Crippen LogP contribution in [0, 0.1) is 11.2 Å². The van der Waals surface area contributed by atoms with Crippen LogP contribution in [0.2, 0.25) is 0 Å². The molecule has 220 valence electrons. The third kappa shape index (κ3) is 6.44. The standard InChI is InChI=1S/C26H27FN8O7/c1-13(36)42-18-10-14(4-5-16(18)22(28)29)32-21(17-11-15(40-3)12-19(20(17)27)41-9-8-39-2)23-33-26(38)35(34-23)24-25(37)31-7-6-30-24/h4-7,10-12,21,32H,8-9H2,1-3H3,(H3,28,29)(H,31,37)(H,33,34,38). The number of aromatic nitrogens is 5. The third-order valence-corrected chi connectivity index (χ3v) is 5.77. The normalized spacial score (nSPS) is 11.5. The topological polar surface area (TPSA) is 212 Å². The zero-order valence-electron chi connectivity index (χ0n) is 22.7. The molecule has 0 saturated carbocycles. The fourth-order valence-electron chi connectivity index (χ4n) is 3.90. The lowest BCUT2D eigenvalue weighted by molar-refractivity contribution is -0.131. The summed E-state index contributed by atoms with van der Waals surface area (Å²) in [4.78, 5) is 45.8. The number of ether oxygens (including phenoxy) is 4. The Morgan fingerprint density at radius 1 is 1.19 bits per heavy atom. The first-order chi connectivity index (χ1) is 20.1. The Morgan fingerprint density at radius 2 is 1.98 bits per heavy atom. The molecule has 2 aromatic carbocycles. The Hall–Kier alpha value is -5.51. The summed E-state index contributed by atoms with van der Waals surface area (Å²) in [6.45, 7) is 1.40. The van der Waals surface area contributed by atoms with Crippen molar-refractivity contribution in [2.24, 2.45) is 5.73 Å². The Bertz CT molecular complexity index is 1730. The Morgan fingerprint density at radius 3 is 2.64 bits per heavy atom. The summed E-state index contributed by atoms with van der Waals surface area (Å²) in [7, 11) is 2.85. The van der Waals surface area contributed by atoms with Crippen molar-refractivity contribution in [2.45, 2.75) is 13.0 Å². The fourth-order valence-corrected chi connectivity index (χ4v) is 3.90. The number of amidine groups is 1. The van der Waals surface area contributed by atoms with Crippen molar-refractivity contribution in [1.82, 2.24) is 24.7 Å². The number of rotatable bonds is 12. The molecule has 2 heterocycles. The van der Waals surface area contributed by atoms with Crippen molar-refractivity contribution in [3.63, 3.8) is 0 Å². The third-order valence-electron chi connectivity index (χ3n) is 5.77. The Labute approximate surface area is 236 Å². The van der Waals surface area contributed by atoms with E-state index in [2.05, 4.69) is 25.4 Å². The molecule has 0 bridgehead atoms. The molecule has 4 aromatic rings. The van der Waals surface area contributed by atoms with Crippen LogP contribution in [-0.2, 0) is 9.53 Å². The van der Waals surface area contributed by atoms with Crippen molar-refractivity contribution in [3.05, 3.63) is 86.3 Å². The van der Waals surface area contributed by atoms with Gasteiger partial charge in [0.15, 0.2) is 17.4 Å². The summed E-state index contributed by atoms with van der Waals surface area (Å²) >= 11 is 0. The van der Waals surface area contributed by atoms with Gasteiger partial charge in [-0.3, -0.25) is 20.0 Å². The number of benzene rings is 2. The van der Waals surface area contributed by atoms with Gasteiger partial charge in [-0.15, -0.1) is 5.10 Å². The molecule has 0 fully saturated rings. The predicted octanol–water partition coefficient (Wildman–Crippen LogP) is 1.23. The minimum Gasteiger partial charge on any atom is -0.497 e. The first kappa shape index (κ1) is 29.5. The molecule has 0 saturated heterocycles. The van der Waals surface area contributed by atoms with E-state index in [1.165, 1.54) is 63.9 Å². The quantitative estimate of drug-likeness (QED) is 0.0527. The van der Waals surface area contributed by atoms with Gasteiger partial charge in [-0.2, -0.15) is 4.68 Å². The number of nitrogens with one attached hydrogen (secondary N) is 4. The van der Waals surface area contributed by atoms with E-state index in [0.717, 1.165) is 4.68 Å². The van der Waals surface area contributed by atoms with Gasteiger partial charge in [0.1, 0.15) is 30.0 Å². The van der Waals surface area contributed by atoms with Gasteiger partial charge in [0.2, 0.25) is 5.82 Å². The molecule has 4 rings (SSSR count). The largest absolute Gasteiger partial charge is 0.497 e. The van der Waals surface area contributed by atoms with Crippen molar-refractivity contribution < 1.29 is 28.1 Å². The number of carbonyl (C=O) groups is 1. The number of methoxy groups -OCH3 is 2. The van der Waals surface area contributed by atoms with E-state index < -0.39 is 29.1 Å². The molecule has 15 nitrogen and oxygen atoms in total. The van der Waals surface area contributed by atoms with Crippen molar-refractivity contribution in [1.29, 1.82) is 5.41 Å². The number of esters is 1. The average Bonchev–Trinajstić information content (AvgIpc) is 3.33. The molecule has 16 heteroatoms. The molecule has 42 heavy (non-hydrogen) atoms. The van der Waals surface area contributed by atoms with E-state index in [1.807, 2.05) is 0 Å². The molecule has 2 aromatic heterocycles. The van der Waals surface area contributed by atoms with E-state index >= 15 is 4.39 Å². The Kier molecular flexibility index (Phi) is 8.96. The van der Waals surface area contributed by atoms with Gasteiger partial charge in [0.25, 0.3) is 5.56 Å². The predicted molar refractivity (Wildman–Crippen MR) is 147 cm³/mol. The smallest absolute Gasteiger partial charge is 0.349 e. The first-order valence-corrected chi connectivity index (χ1v) is 12.3. The molecule has 1 atom stereocenters. The first-order valence-electron chi connectivity index (χ1n) is 12.3. The van der Waals surface area contributed by atoms with Crippen molar-refractivity contribution in [3.8, 4) is 23.1 Å². The molecule has 0 amide bonds. The van der Waals surface area contributed by atoms with Crippen LogP contribution in [0.25, 0.3) is 5.82 Å². The molecule has 0 aliphatic carbocycles. The summed E-state index contributed by atoms with van der Waals surface area (Å²) in [6, 6.07) is 5.78. The van der Waals surface area contributed by atoms with Crippen LogP contribution in [0.5, 0.6) is 17.2 Å². The van der Waals surface area contributed by atoms with Gasteiger partial charge in [-0.05, 0) is 18.2 Å². The second kappa shape index (κ2) is 12.8. The minimum atomic E-state index is -1.24. The summed E-state index contributed by atoms with van der Waals surface area (Å²) in [5.74, 6) is -2.24. The SMILES string of the molecule is COCCOc1cc(OC)cc(C(Nc2ccc(C(=N)N)c(OC(C)=O)c2)c2nn(-c3ncc[nH]c3=O)c(=O)[nH]2)c1F. The van der Waals surface area contributed by atoms with Crippen LogP contribution in [0.3, 0.4) is 0 Å². The number of nitrogens with zero attached hydrogens (tertiary/aromatic N) is 3. The van der Waals surface area contributed by atoms with Gasteiger partial charge < -0.3 is 35.0 Å². The lowest BCUT2D eigenvalue weighted by Crippen LogP contribution is -2.25. The zero-order valence-corrected chi connectivity index (χ0v) is 22.7. The van der Waals surface area contributed by atoms with Crippen LogP contribution in [0.15, 0.2) is 52.3 Å². The summed E-state index contributed by atoms with van der Waals surface area (Å²) in [5, 5.41) is 15.1. The second-order valence-corrected chi connectivity index (χ2v) is 8.63. The van der Waals surface area contributed by atoms with Crippen LogP contribution in [0.1, 0.15) is 29.9 Å². The number of aromatic amines is 2. The number of anilines is 1. The molecule has 0 aliphatic heterocycles. The molecule has 0 aliphatic rings. The molecular formula is C26H27FN8O7. The fraction of sp³-hybridized carbons (Fsp3) is 0.231. The van der Waals surface area contributed by atoms with Gasteiger partial charge in [-0.1, -0.05) is 0 Å². The molecule has 1 unspecified atom stereocenters. The highest BCUT2D eigenvalue weighted by atomic mass is 19.1. The highest BCUT2D eigenvalue weighted by Gasteiger charge is 2.27. The number of halogens is 1. The van der Waals surface area contributed by atoms with Crippen LogP contribution in [0.4, 0.5) is 10.1 Å². The minimum absolute atomic E-state index is 0.0320. The van der Waals surface area contributed by atoms with Gasteiger partial charge in [0, 0.05) is 49.8 Å². The van der Waals surface area contributed by atoms with Gasteiger partial charge in [-0.25, -0.2) is 14.2 Å². The lowest BCUT2D eigenvalue weighted by atomic mass is 10.0. The number of hydrogen-bond acceptors (Lipinski definition) is 11. The van der Waals surface area contributed by atoms with Gasteiger partial charge >= 0.3 is 11.7 Å². The summed E-state index contributed by atoms with van der Waals surface area (Å²) in [6.07, 6.45) is 2.56. The maximum Gasteiger partial charge on any atom is 0.349 e. The molecule has 0 spiro atoms. The number of carbonyl (C=O) groups excluding carboxylic acids is 1. The number of nitrogen functional groups attached to an aromatic ring is 1. The molecule has 6 N–H and O–H groups in total. The zero-order chi connectivity index (χ0) is 30.4. The summed E-state index contributed by atoms with van der Waals surface area (Å²) in [5.41, 5.74) is 4.45. The number of H-pyrrole nitrogens is 2. The Balaban J connectivity index is 1.89. The summed E-state index contributed by atoms with van der Waals surface area (Å²) < 4.78 is 37.9. The maximum atomic E-state index is 16.0. The average molecular weight is 583 g/mol. The number of nitrogens with two attached hydrogens (primary N) is 1.